The van der Waals surface area contributed by atoms with E-state index in [9.17, 15) is 4.79 Å². The molecule has 4 aromatic rings. The number of hydrogen-bond donors (Lipinski definition) is 0. The van der Waals surface area contributed by atoms with Gasteiger partial charge >= 0.3 is 0 Å². The lowest BCUT2D eigenvalue weighted by molar-refractivity contribution is -0.132. The smallest absolute Gasteiger partial charge is 0.229 e. The molecule has 5 rings (SSSR count). The van der Waals surface area contributed by atoms with Crippen LogP contribution in [0.5, 0.6) is 17.2 Å². The van der Waals surface area contributed by atoms with Crippen LogP contribution in [-0.2, 0) is 17.6 Å². The Hall–Kier alpha value is -4.04. The first-order valence-electron chi connectivity index (χ1n) is 12.4. The minimum Gasteiger partial charge on any atom is -0.497 e. The van der Waals surface area contributed by atoms with Gasteiger partial charge in [0, 0.05) is 22.7 Å². The summed E-state index contributed by atoms with van der Waals surface area (Å²) in [6.45, 7) is 2.13. The van der Waals surface area contributed by atoms with Gasteiger partial charge in [-0.05, 0) is 66.9 Å². The maximum atomic E-state index is 15.3. The number of aryl methyl sites for hydroxylation is 1. The fourth-order valence-corrected chi connectivity index (χ4v) is 5.28. The van der Waals surface area contributed by atoms with Gasteiger partial charge in [-0.15, -0.1) is 0 Å². The third-order valence-corrected chi connectivity index (χ3v) is 7.32. The number of carbonyl (C=O) groups is 1. The first-order valence-corrected chi connectivity index (χ1v) is 12.8. The molecule has 0 saturated carbocycles. The summed E-state index contributed by atoms with van der Waals surface area (Å²) in [5.41, 5.74) is 3.14. The number of hydrogen-bond acceptors (Lipinski definition) is 6. The molecule has 3 aromatic carbocycles. The zero-order valence-corrected chi connectivity index (χ0v) is 22.8. The second kappa shape index (κ2) is 11.0. The van der Waals surface area contributed by atoms with Crippen LogP contribution in [0.2, 0.25) is 5.02 Å². The van der Waals surface area contributed by atoms with E-state index in [-0.39, 0.29) is 22.9 Å². The van der Waals surface area contributed by atoms with Crippen LogP contribution in [0, 0.1) is 12.7 Å². The maximum Gasteiger partial charge on any atom is 0.229 e. The normalized spacial score (nSPS) is 14.6. The van der Waals surface area contributed by atoms with Crippen molar-refractivity contribution >= 4 is 17.5 Å². The lowest BCUT2D eigenvalue weighted by atomic mass is 9.87. The Kier molecular flexibility index (Phi) is 7.48. The summed E-state index contributed by atoms with van der Waals surface area (Å²) < 4.78 is 37.5. The molecule has 1 aliphatic heterocycles. The zero-order chi connectivity index (χ0) is 27.7. The van der Waals surface area contributed by atoms with E-state index in [2.05, 4.69) is 4.98 Å². The molecule has 0 spiro atoms. The van der Waals surface area contributed by atoms with Crippen LogP contribution in [0.1, 0.15) is 34.2 Å². The van der Waals surface area contributed by atoms with Gasteiger partial charge in [0.1, 0.15) is 17.3 Å². The number of carbonyl (C=O) groups excluding carboxylic acids is 1. The number of rotatable bonds is 7. The van der Waals surface area contributed by atoms with Crippen LogP contribution in [0.15, 0.2) is 59.0 Å². The van der Waals surface area contributed by atoms with Crippen molar-refractivity contribution in [2.75, 3.05) is 27.9 Å². The average Bonchev–Trinajstić information content (AvgIpc) is 3.31. The van der Waals surface area contributed by atoms with Crippen molar-refractivity contribution in [1.82, 2.24) is 9.88 Å². The van der Waals surface area contributed by atoms with Crippen molar-refractivity contribution in [2.24, 2.45) is 0 Å². The number of fused-ring (bicyclic) bond motifs is 1. The van der Waals surface area contributed by atoms with Gasteiger partial charge in [0.25, 0.3) is 0 Å². The van der Waals surface area contributed by atoms with E-state index in [0.717, 1.165) is 16.7 Å². The highest BCUT2D eigenvalue weighted by molar-refractivity contribution is 6.31. The summed E-state index contributed by atoms with van der Waals surface area (Å²) in [6, 6.07) is 14.8. The molecule has 0 aliphatic carbocycles. The molecule has 39 heavy (non-hydrogen) atoms. The van der Waals surface area contributed by atoms with Crippen LogP contribution in [-0.4, -0.2) is 43.7 Å². The van der Waals surface area contributed by atoms with Gasteiger partial charge < -0.3 is 23.5 Å². The first kappa shape index (κ1) is 26.6. The fraction of sp³-hybridized carbons (Fsp3) is 0.267. The summed E-state index contributed by atoms with van der Waals surface area (Å²) >= 11 is 6.54. The number of oxazole rings is 1. The molecule has 9 heteroatoms. The quantitative estimate of drug-likeness (QED) is 0.273. The predicted molar refractivity (Wildman–Crippen MR) is 145 cm³/mol. The second-order valence-electron chi connectivity index (χ2n) is 9.21. The average molecular weight is 551 g/mol. The molecular formula is C30H28ClFN2O5. The van der Waals surface area contributed by atoms with Crippen molar-refractivity contribution in [3.63, 3.8) is 0 Å². The molecule has 1 aliphatic rings. The van der Waals surface area contributed by atoms with Crippen LogP contribution in [0.4, 0.5) is 4.39 Å². The SMILES string of the molecule is COc1cccc(-c2nc(CC(=O)N3CCc4cc(OC)c(OC)cc4[C@H]3c3c(F)cccc3Cl)c(C)o2)c1. The van der Waals surface area contributed by atoms with Crippen molar-refractivity contribution in [3.8, 4) is 28.7 Å². The van der Waals surface area contributed by atoms with Crippen molar-refractivity contribution in [1.29, 1.82) is 0 Å². The summed E-state index contributed by atoms with van der Waals surface area (Å²) in [5.74, 6) is 1.93. The largest absolute Gasteiger partial charge is 0.497 e. The number of amides is 1. The molecule has 0 radical (unpaired) electrons. The number of halogens is 2. The highest BCUT2D eigenvalue weighted by Gasteiger charge is 2.36. The first-order chi connectivity index (χ1) is 18.8. The maximum absolute atomic E-state index is 15.3. The molecule has 0 unspecified atom stereocenters. The van der Waals surface area contributed by atoms with E-state index < -0.39 is 11.9 Å². The summed E-state index contributed by atoms with van der Waals surface area (Å²) in [4.78, 5) is 20.1. The summed E-state index contributed by atoms with van der Waals surface area (Å²) in [6.07, 6.45) is 0.529. The number of methoxy groups -OCH3 is 3. The molecule has 0 saturated heterocycles. The number of nitrogens with zero attached hydrogens (tertiary/aromatic N) is 2. The van der Waals surface area contributed by atoms with E-state index in [0.29, 0.717) is 47.6 Å². The van der Waals surface area contributed by atoms with Gasteiger partial charge in [0.05, 0.1) is 39.5 Å². The van der Waals surface area contributed by atoms with Crippen molar-refractivity contribution < 1.29 is 27.8 Å². The minimum absolute atomic E-state index is 0.0233. The highest BCUT2D eigenvalue weighted by Crippen LogP contribution is 2.44. The second-order valence-corrected chi connectivity index (χ2v) is 9.62. The predicted octanol–water partition coefficient (Wildman–Crippen LogP) is 6.19. The van der Waals surface area contributed by atoms with Gasteiger partial charge in [-0.2, -0.15) is 0 Å². The number of benzene rings is 3. The molecule has 0 fully saturated rings. The van der Waals surface area contributed by atoms with E-state index >= 15 is 4.39 Å². The van der Waals surface area contributed by atoms with E-state index in [1.54, 1.807) is 44.2 Å². The number of ether oxygens (including phenoxy) is 3. The van der Waals surface area contributed by atoms with Crippen molar-refractivity contribution in [3.05, 3.63) is 93.6 Å². The Morgan fingerprint density at radius 3 is 2.54 bits per heavy atom. The Labute approximate surface area is 231 Å². The van der Waals surface area contributed by atoms with Crippen LogP contribution >= 0.6 is 11.6 Å². The van der Waals surface area contributed by atoms with Crippen molar-refractivity contribution in [2.45, 2.75) is 25.8 Å². The molecule has 202 valence electrons. The lowest BCUT2D eigenvalue weighted by Crippen LogP contribution is -2.42. The van der Waals surface area contributed by atoms with Gasteiger partial charge in [-0.1, -0.05) is 23.7 Å². The van der Waals surface area contributed by atoms with Gasteiger partial charge in [0.15, 0.2) is 11.5 Å². The van der Waals surface area contributed by atoms with Gasteiger partial charge in [0.2, 0.25) is 11.8 Å². The molecule has 7 nitrogen and oxygen atoms in total. The molecule has 2 heterocycles. The van der Waals surface area contributed by atoms with E-state index in [1.165, 1.54) is 13.2 Å². The monoisotopic (exact) mass is 550 g/mol. The van der Waals surface area contributed by atoms with E-state index in [1.807, 2.05) is 30.3 Å². The summed E-state index contributed by atoms with van der Waals surface area (Å²) in [5, 5.41) is 0.235. The van der Waals surface area contributed by atoms with Crippen LogP contribution in [0.3, 0.4) is 0 Å². The van der Waals surface area contributed by atoms with Crippen LogP contribution in [0.25, 0.3) is 11.5 Å². The fourth-order valence-electron chi connectivity index (χ4n) is 5.01. The molecule has 1 atom stereocenters. The van der Waals surface area contributed by atoms with E-state index in [4.69, 9.17) is 30.2 Å². The Bertz CT molecular complexity index is 1520. The molecule has 0 bridgehead atoms. The zero-order valence-electron chi connectivity index (χ0n) is 22.1. The standard InChI is InChI=1S/C30H28ClFN2O5/c1-17-24(33-30(39-17)19-7-5-8-20(13-19)36-2)16-27(35)34-12-11-18-14-25(37-3)26(38-4)15-21(18)29(34)28-22(31)9-6-10-23(28)32/h5-10,13-15,29H,11-12,16H2,1-4H3/t29-/m0/s1. The molecule has 0 N–H and O–H groups in total. The van der Waals surface area contributed by atoms with Gasteiger partial charge in [-0.3, -0.25) is 4.79 Å². The Balaban J connectivity index is 1.53. The van der Waals surface area contributed by atoms with Crippen LogP contribution < -0.4 is 14.2 Å². The molecule has 1 amide bonds. The Morgan fingerprint density at radius 1 is 1.08 bits per heavy atom. The molecule has 1 aromatic heterocycles. The molecular weight excluding hydrogens is 523 g/mol. The van der Waals surface area contributed by atoms with Gasteiger partial charge in [-0.25, -0.2) is 9.37 Å². The number of aromatic nitrogens is 1. The third kappa shape index (κ3) is 5.04. The topological polar surface area (TPSA) is 74.0 Å². The highest BCUT2D eigenvalue weighted by atomic mass is 35.5. The lowest BCUT2D eigenvalue weighted by Gasteiger charge is -2.38. The Morgan fingerprint density at radius 2 is 1.82 bits per heavy atom. The third-order valence-electron chi connectivity index (χ3n) is 7.00. The summed E-state index contributed by atoms with van der Waals surface area (Å²) in [7, 11) is 4.69. The minimum atomic E-state index is -0.764.